The molecule has 0 radical (unpaired) electrons. The lowest BCUT2D eigenvalue weighted by molar-refractivity contribution is -0.120. The van der Waals surface area contributed by atoms with E-state index in [4.69, 9.17) is 0 Å². The van der Waals surface area contributed by atoms with Gasteiger partial charge in [0.25, 0.3) is 0 Å². The van der Waals surface area contributed by atoms with Crippen molar-refractivity contribution in [1.29, 1.82) is 0 Å². The van der Waals surface area contributed by atoms with Crippen LogP contribution in [0.2, 0.25) is 0 Å². The number of thiophene rings is 1. The van der Waals surface area contributed by atoms with Gasteiger partial charge in [0.1, 0.15) is 0 Å². The van der Waals surface area contributed by atoms with E-state index in [1.807, 2.05) is 18.4 Å². The van der Waals surface area contributed by atoms with Crippen molar-refractivity contribution >= 4 is 34.9 Å². The molecule has 0 bridgehead atoms. The summed E-state index contributed by atoms with van der Waals surface area (Å²) in [5.41, 5.74) is 0. The van der Waals surface area contributed by atoms with Crippen LogP contribution in [0, 0.1) is 0 Å². The maximum absolute atomic E-state index is 11.7. The van der Waals surface area contributed by atoms with Crippen molar-refractivity contribution in [1.82, 2.24) is 10.6 Å². The monoisotopic (exact) mass is 286 g/mol. The van der Waals surface area contributed by atoms with Gasteiger partial charge in [0.05, 0.1) is 11.0 Å². The Morgan fingerprint density at radius 3 is 2.89 bits per heavy atom. The van der Waals surface area contributed by atoms with Gasteiger partial charge < -0.3 is 10.6 Å². The molecule has 0 aliphatic carbocycles. The summed E-state index contributed by atoms with van der Waals surface area (Å²) in [5.74, 6) is 0.245. The first-order chi connectivity index (χ1) is 8.63. The average Bonchev–Trinajstić information content (AvgIpc) is 2.88. The van der Waals surface area contributed by atoms with E-state index in [0.717, 1.165) is 6.42 Å². The van der Waals surface area contributed by atoms with E-state index in [-0.39, 0.29) is 17.1 Å². The van der Waals surface area contributed by atoms with Gasteiger partial charge in [-0.15, -0.1) is 23.1 Å². The molecule has 18 heavy (non-hydrogen) atoms. The molecule has 0 unspecified atom stereocenters. The number of carbonyl (C=O) groups excluding carboxylic acids is 2. The molecule has 2 amide bonds. The predicted octanol–water partition coefficient (Wildman–Crippen LogP) is 1.27. The Balaban J connectivity index is 2.17. The molecule has 2 N–H and O–H groups in total. The van der Waals surface area contributed by atoms with Crippen molar-refractivity contribution in [2.24, 2.45) is 0 Å². The Kier molecular flexibility index (Phi) is 6.82. The van der Waals surface area contributed by atoms with E-state index in [1.165, 1.54) is 16.6 Å². The van der Waals surface area contributed by atoms with Crippen LogP contribution in [0.25, 0.3) is 0 Å². The normalized spacial score (nSPS) is 11.9. The molecule has 0 aliphatic heterocycles. The summed E-state index contributed by atoms with van der Waals surface area (Å²) >= 11 is 3.03. The van der Waals surface area contributed by atoms with Crippen LogP contribution in [0.1, 0.15) is 11.8 Å². The second-order valence-electron chi connectivity index (χ2n) is 3.75. The minimum atomic E-state index is -0.203. The molecule has 1 aromatic heterocycles. The number of thioether (sulfide) groups is 1. The molecule has 1 rings (SSSR count). The molecule has 1 aromatic rings. The van der Waals surface area contributed by atoms with E-state index >= 15 is 0 Å². The first-order valence-corrected chi connectivity index (χ1v) is 7.68. The van der Waals surface area contributed by atoms with E-state index in [9.17, 15) is 9.59 Å². The number of hydrogen-bond donors (Lipinski definition) is 2. The van der Waals surface area contributed by atoms with Crippen LogP contribution in [0.15, 0.2) is 17.5 Å². The minimum Gasteiger partial charge on any atom is -0.358 e. The summed E-state index contributed by atoms with van der Waals surface area (Å²) in [7, 11) is 1.59. The Bertz CT molecular complexity index is 379. The number of nitrogens with one attached hydrogen (secondary N) is 2. The first kappa shape index (κ1) is 15.0. The van der Waals surface area contributed by atoms with Crippen molar-refractivity contribution < 1.29 is 9.59 Å². The smallest absolute Gasteiger partial charge is 0.232 e. The fourth-order valence-corrected chi connectivity index (χ4v) is 2.75. The van der Waals surface area contributed by atoms with Crippen molar-refractivity contribution in [3.05, 3.63) is 22.4 Å². The van der Waals surface area contributed by atoms with Gasteiger partial charge in [0, 0.05) is 18.5 Å². The maximum Gasteiger partial charge on any atom is 0.232 e. The largest absolute Gasteiger partial charge is 0.358 e. The third-order valence-electron chi connectivity index (χ3n) is 2.36. The zero-order valence-electron chi connectivity index (χ0n) is 10.6. The van der Waals surface area contributed by atoms with E-state index < -0.39 is 0 Å². The zero-order chi connectivity index (χ0) is 13.4. The van der Waals surface area contributed by atoms with Crippen LogP contribution in [0.5, 0.6) is 0 Å². The number of carbonyl (C=O) groups is 2. The number of amides is 2. The van der Waals surface area contributed by atoms with E-state index in [1.54, 1.807) is 18.4 Å². The minimum absolute atomic E-state index is 0.0135. The van der Waals surface area contributed by atoms with Gasteiger partial charge in [0.2, 0.25) is 11.8 Å². The summed E-state index contributed by atoms with van der Waals surface area (Å²) in [4.78, 5) is 24.0. The van der Waals surface area contributed by atoms with Gasteiger partial charge in [-0.1, -0.05) is 6.07 Å². The van der Waals surface area contributed by atoms with Gasteiger partial charge >= 0.3 is 0 Å². The summed E-state index contributed by atoms with van der Waals surface area (Å²) in [6.07, 6.45) is 0.857. The third-order valence-corrected chi connectivity index (χ3v) is 4.44. The fraction of sp³-hybridized carbons (Fsp3) is 0.500. The molecule has 4 nitrogen and oxygen atoms in total. The molecule has 0 fully saturated rings. The SMILES string of the molecule is CNC(=O)CS[C@@H](C)C(=O)NCCc1cccs1. The van der Waals surface area contributed by atoms with Crippen molar-refractivity contribution in [2.75, 3.05) is 19.3 Å². The highest BCUT2D eigenvalue weighted by molar-refractivity contribution is 8.01. The number of hydrogen-bond acceptors (Lipinski definition) is 4. The van der Waals surface area contributed by atoms with Gasteiger partial charge in [-0.25, -0.2) is 0 Å². The van der Waals surface area contributed by atoms with Crippen molar-refractivity contribution in [2.45, 2.75) is 18.6 Å². The zero-order valence-corrected chi connectivity index (χ0v) is 12.2. The molecule has 6 heteroatoms. The second kappa shape index (κ2) is 8.16. The molecule has 0 saturated carbocycles. The second-order valence-corrected chi connectivity index (χ2v) is 6.11. The van der Waals surface area contributed by atoms with E-state index in [0.29, 0.717) is 12.3 Å². The van der Waals surface area contributed by atoms with Crippen LogP contribution < -0.4 is 10.6 Å². The Hall–Kier alpha value is -1.01. The van der Waals surface area contributed by atoms with Crippen molar-refractivity contribution in [3.63, 3.8) is 0 Å². The molecular formula is C12H18N2O2S2. The van der Waals surface area contributed by atoms with Gasteiger partial charge in [0.15, 0.2) is 0 Å². The van der Waals surface area contributed by atoms with Gasteiger partial charge in [-0.3, -0.25) is 9.59 Å². The van der Waals surface area contributed by atoms with Gasteiger partial charge in [-0.05, 0) is 24.8 Å². The highest BCUT2D eigenvalue weighted by atomic mass is 32.2. The molecule has 0 saturated heterocycles. The molecule has 100 valence electrons. The highest BCUT2D eigenvalue weighted by Crippen LogP contribution is 2.11. The standard InChI is InChI=1S/C12H18N2O2S2/c1-9(18-8-11(15)13-2)12(16)14-6-5-10-4-3-7-17-10/h3-4,7,9H,5-6,8H2,1-2H3,(H,13,15)(H,14,16)/t9-/m0/s1. The third kappa shape index (κ3) is 5.55. The fourth-order valence-electron chi connectivity index (χ4n) is 1.26. The molecule has 0 aliphatic rings. The first-order valence-electron chi connectivity index (χ1n) is 5.75. The van der Waals surface area contributed by atoms with Crippen LogP contribution in [-0.4, -0.2) is 36.4 Å². The predicted molar refractivity (Wildman–Crippen MR) is 77.0 cm³/mol. The van der Waals surface area contributed by atoms with E-state index in [2.05, 4.69) is 16.7 Å². The number of rotatable bonds is 7. The Morgan fingerprint density at radius 1 is 1.50 bits per heavy atom. The average molecular weight is 286 g/mol. The lowest BCUT2D eigenvalue weighted by atomic mass is 10.3. The van der Waals surface area contributed by atoms with Gasteiger partial charge in [-0.2, -0.15) is 0 Å². The van der Waals surface area contributed by atoms with Crippen LogP contribution in [0.4, 0.5) is 0 Å². The van der Waals surface area contributed by atoms with Crippen molar-refractivity contribution in [3.8, 4) is 0 Å². The maximum atomic E-state index is 11.7. The van der Waals surface area contributed by atoms with Crippen LogP contribution in [-0.2, 0) is 16.0 Å². The summed E-state index contributed by atoms with van der Waals surface area (Å²) in [6, 6.07) is 4.06. The molecule has 1 heterocycles. The Labute approximate surface area is 116 Å². The molecule has 1 atom stereocenters. The lowest BCUT2D eigenvalue weighted by Gasteiger charge is -2.11. The quantitative estimate of drug-likeness (QED) is 0.794. The molecule has 0 aromatic carbocycles. The van der Waals surface area contributed by atoms with Crippen LogP contribution >= 0.6 is 23.1 Å². The summed E-state index contributed by atoms with van der Waals surface area (Å²) in [5, 5.41) is 7.23. The molecular weight excluding hydrogens is 268 g/mol. The topological polar surface area (TPSA) is 58.2 Å². The summed E-state index contributed by atoms with van der Waals surface area (Å²) < 4.78 is 0. The highest BCUT2D eigenvalue weighted by Gasteiger charge is 2.14. The van der Waals surface area contributed by atoms with Crippen LogP contribution in [0.3, 0.4) is 0 Å². The lowest BCUT2D eigenvalue weighted by Crippen LogP contribution is -2.33. The Morgan fingerprint density at radius 2 is 2.28 bits per heavy atom. The molecule has 0 spiro atoms. The summed E-state index contributed by atoms with van der Waals surface area (Å²) in [6.45, 7) is 2.46.